The molecule has 47 heavy (non-hydrogen) atoms. The Hall–Kier alpha value is -3.39. The fourth-order valence-corrected chi connectivity index (χ4v) is 14.3. The van der Waals surface area contributed by atoms with Crippen molar-refractivity contribution in [3.8, 4) is 11.1 Å². The van der Waals surface area contributed by atoms with E-state index < -0.39 is 38.5 Å². The number of hydrogen-bond acceptors (Lipinski definition) is 6. The van der Waals surface area contributed by atoms with E-state index in [1.165, 1.54) is 20.3 Å². The van der Waals surface area contributed by atoms with Crippen molar-refractivity contribution in [3.05, 3.63) is 114 Å². The number of carbonyl (C=O) groups is 1. The Morgan fingerprint density at radius 3 is 1.91 bits per heavy atom. The summed E-state index contributed by atoms with van der Waals surface area (Å²) in [4.78, 5) is 14.0. The van der Waals surface area contributed by atoms with E-state index in [0.29, 0.717) is 27.6 Å². The van der Waals surface area contributed by atoms with Gasteiger partial charge in [0.1, 0.15) is 5.82 Å². The molecule has 0 heterocycles. The first kappa shape index (κ1) is 36.4. The molecule has 4 aromatic rings. The smallest absolute Gasteiger partial charge is 0.321 e. The predicted molar refractivity (Wildman–Crippen MR) is 190 cm³/mol. The number of halogens is 1. The SMILES string of the molecule is COCOP(=O)(c1c(C)cc(C)cc1-c1ccc(F)c(C)c1)C(C(=O)OC)C(C)O[Si](c1ccccc1)(c1ccccc1)C(C)(C)C. The largest absolute Gasteiger partial charge is 0.468 e. The van der Waals surface area contributed by atoms with Crippen LogP contribution in [0.4, 0.5) is 4.39 Å². The van der Waals surface area contributed by atoms with Crippen LogP contribution in [0, 0.1) is 26.6 Å². The molecule has 9 heteroatoms. The monoisotopic (exact) mass is 676 g/mol. The number of hydrogen-bond donors (Lipinski definition) is 0. The maximum atomic E-state index is 15.9. The first-order valence-corrected chi connectivity index (χ1v) is 19.3. The normalized spacial score (nSPS) is 14.7. The number of esters is 1. The van der Waals surface area contributed by atoms with Gasteiger partial charge in [0.05, 0.1) is 13.2 Å². The Morgan fingerprint density at radius 2 is 1.43 bits per heavy atom. The summed E-state index contributed by atoms with van der Waals surface area (Å²) in [6.45, 7) is 13.3. The molecule has 0 bridgehead atoms. The van der Waals surface area contributed by atoms with Crippen molar-refractivity contribution in [1.29, 1.82) is 0 Å². The topological polar surface area (TPSA) is 71.1 Å². The molecule has 6 nitrogen and oxygen atoms in total. The molecule has 0 N–H and O–H groups in total. The summed E-state index contributed by atoms with van der Waals surface area (Å²) in [5.74, 6) is -1.07. The van der Waals surface area contributed by atoms with Gasteiger partial charge in [0.25, 0.3) is 15.7 Å². The summed E-state index contributed by atoms with van der Waals surface area (Å²) in [6, 6.07) is 28.6. The summed E-state index contributed by atoms with van der Waals surface area (Å²) in [7, 11) is -4.74. The van der Waals surface area contributed by atoms with E-state index in [2.05, 4.69) is 45.0 Å². The van der Waals surface area contributed by atoms with Gasteiger partial charge in [-0.25, -0.2) is 4.39 Å². The van der Waals surface area contributed by atoms with Gasteiger partial charge in [-0.1, -0.05) is 105 Å². The molecular weight excluding hydrogens is 630 g/mol. The molecule has 0 amide bonds. The van der Waals surface area contributed by atoms with Crippen LogP contribution in [0.1, 0.15) is 44.4 Å². The van der Waals surface area contributed by atoms with Gasteiger partial charge in [-0.2, -0.15) is 0 Å². The van der Waals surface area contributed by atoms with E-state index in [4.69, 9.17) is 18.4 Å². The Morgan fingerprint density at radius 1 is 0.851 bits per heavy atom. The third kappa shape index (κ3) is 7.23. The van der Waals surface area contributed by atoms with E-state index in [1.54, 1.807) is 26.0 Å². The van der Waals surface area contributed by atoms with Gasteiger partial charge in [-0.3, -0.25) is 13.9 Å². The lowest BCUT2D eigenvalue weighted by molar-refractivity contribution is -0.142. The number of carbonyl (C=O) groups excluding carboxylic acids is 1. The molecule has 3 unspecified atom stereocenters. The van der Waals surface area contributed by atoms with Crippen LogP contribution in [0.2, 0.25) is 5.04 Å². The Balaban J connectivity index is 2.02. The fraction of sp³-hybridized carbons (Fsp3) is 0.342. The fourth-order valence-electron chi connectivity index (χ4n) is 6.58. The van der Waals surface area contributed by atoms with Crippen LogP contribution in [-0.2, 0) is 27.8 Å². The van der Waals surface area contributed by atoms with Crippen molar-refractivity contribution in [2.45, 2.75) is 65.3 Å². The molecule has 0 aliphatic rings. The predicted octanol–water partition coefficient (Wildman–Crippen LogP) is 7.45. The van der Waals surface area contributed by atoms with Crippen molar-refractivity contribution in [2.24, 2.45) is 0 Å². The van der Waals surface area contributed by atoms with Crippen molar-refractivity contribution in [2.75, 3.05) is 21.0 Å². The third-order valence-corrected chi connectivity index (χ3v) is 16.8. The summed E-state index contributed by atoms with van der Waals surface area (Å²) < 4.78 is 54.5. The van der Waals surface area contributed by atoms with Crippen molar-refractivity contribution in [1.82, 2.24) is 0 Å². The quantitative estimate of drug-likeness (QED) is 0.0672. The molecule has 0 spiro atoms. The summed E-state index contributed by atoms with van der Waals surface area (Å²) in [5.41, 5.74) is 1.87. The van der Waals surface area contributed by atoms with Gasteiger partial charge in [0.15, 0.2) is 12.5 Å². The highest BCUT2D eigenvalue weighted by atomic mass is 31.2. The van der Waals surface area contributed by atoms with Crippen molar-refractivity contribution < 1.29 is 32.2 Å². The van der Waals surface area contributed by atoms with E-state index in [9.17, 15) is 9.18 Å². The van der Waals surface area contributed by atoms with Crippen LogP contribution in [-0.4, -0.2) is 47.1 Å². The average Bonchev–Trinajstić information content (AvgIpc) is 3.03. The van der Waals surface area contributed by atoms with Crippen LogP contribution < -0.4 is 15.7 Å². The number of ether oxygens (including phenoxy) is 2. The minimum absolute atomic E-state index is 0.341. The molecule has 0 aliphatic carbocycles. The molecule has 0 radical (unpaired) electrons. The molecule has 0 aromatic heterocycles. The van der Waals surface area contributed by atoms with Crippen LogP contribution in [0.25, 0.3) is 11.1 Å². The number of aryl methyl sites for hydroxylation is 3. The van der Waals surface area contributed by atoms with E-state index >= 15 is 4.57 Å². The molecular formula is C38H46FO6PSi. The first-order valence-electron chi connectivity index (χ1n) is 15.7. The van der Waals surface area contributed by atoms with Crippen LogP contribution in [0.5, 0.6) is 0 Å². The van der Waals surface area contributed by atoms with Gasteiger partial charge < -0.3 is 13.9 Å². The average molecular weight is 677 g/mol. The molecule has 4 aromatic carbocycles. The minimum atomic E-state index is -4.23. The van der Waals surface area contributed by atoms with E-state index in [1.807, 2.05) is 62.4 Å². The standard InChI is InChI=1S/C38H46FO6PSi/c1-26-22-28(3)35(33(23-26)30-20-21-34(39)27(2)24-30)46(41,44-25-42-8)36(37(40)43-9)29(4)45-47(38(5,6)7,31-16-12-10-13-17-31)32-18-14-11-15-19-32/h10-24,29,36H,25H2,1-9H3. The Bertz CT molecular complexity index is 1700. The second kappa shape index (κ2) is 14.8. The minimum Gasteiger partial charge on any atom is -0.468 e. The van der Waals surface area contributed by atoms with Gasteiger partial charge in [-0.15, -0.1) is 0 Å². The molecule has 3 atom stereocenters. The van der Waals surface area contributed by atoms with E-state index in [-0.39, 0.29) is 12.6 Å². The second-order valence-corrected chi connectivity index (χ2v) is 19.7. The lowest BCUT2D eigenvalue weighted by atomic mass is 9.99. The van der Waals surface area contributed by atoms with Crippen LogP contribution in [0.15, 0.2) is 91.0 Å². The first-order chi connectivity index (χ1) is 22.2. The zero-order valence-corrected chi connectivity index (χ0v) is 30.7. The Labute approximate surface area is 279 Å². The summed E-state index contributed by atoms with van der Waals surface area (Å²) in [5, 5.41) is 1.95. The summed E-state index contributed by atoms with van der Waals surface area (Å²) in [6.07, 6.45) is -0.944. The zero-order valence-electron chi connectivity index (χ0n) is 28.8. The maximum Gasteiger partial charge on any atom is 0.321 e. The van der Waals surface area contributed by atoms with Crippen molar-refractivity contribution in [3.63, 3.8) is 0 Å². The third-order valence-electron chi connectivity index (χ3n) is 8.62. The lowest BCUT2D eigenvalue weighted by Gasteiger charge is -2.46. The van der Waals surface area contributed by atoms with Gasteiger partial charge in [-0.05, 0) is 77.5 Å². The molecule has 0 fully saturated rings. The van der Waals surface area contributed by atoms with Crippen LogP contribution in [0.3, 0.4) is 0 Å². The maximum absolute atomic E-state index is 15.9. The van der Waals surface area contributed by atoms with Gasteiger partial charge in [0, 0.05) is 12.4 Å². The molecule has 250 valence electrons. The zero-order chi connectivity index (χ0) is 34.6. The van der Waals surface area contributed by atoms with E-state index in [0.717, 1.165) is 15.9 Å². The second-order valence-electron chi connectivity index (χ2n) is 13.0. The van der Waals surface area contributed by atoms with Crippen LogP contribution >= 0.6 is 7.37 Å². The Kier molecular flexibility index (Phi) is 11.5. The molecule has 0 aliphatic heterocycles. The highest BCUT2D eigenvalue weighted by molar-refractivity contribution is 7.69. The number of methoxy groups -OCH3 is 2. The number of rotatable bonds is 12. The highest BCUT2D eigenvalue weighted by Gasteiger charge is 2.55. The molecule has 0 saturated carbocycles. The summed E-state index contributed by atoms with van der Waals surface area (Å²) >= 11 is 0. The highest BCUT2D eigenvalue weighted by Crippen LogP contribution is 2.56. The van der Waals surface area contributed by atoms with Crippen molar-refractivity contribution >= 4 is 37.3 Å². The molecule has 0 saturated heterocycles. The number of benzene rings is 4. The van der Waals surface area contributed by atoms with Gasteiger partial charge in [0.2, 0.25) is 0 Å². The lowest BCUT2D eigenvalue weighted by Crippen LogP contribution is -2.68. The van der Waals surface area contributed by atoms with Gasteiger partial charge >= 0.3 is 5.97 Å². The molecule has 4 rings (SSSR count).